The molecule has 4 rings (SSSR count). The van der Waals surface area contributed by atoms with Crippen molar-refractivity contribution in [1.82, 2.24) is 14.5 Å². The Kier molecular flexibility index (Phi) is 7.04. The molecule has 1 atom stereocenters. The van der Waals surface area contributed by atoms with E-state index in [0.717, 1.165) is 29.0 Å². The van der Waals surface area contributed by atoms with Crippen molar-refractivity contribution in [1.29, 1.82) is 0 Å². The molecule has 170 valence electrons. The topological polar surface area (TPSA) is 55.2 Å². The molecule has 0 N–H and O–H groups in total. The number of fused-ring (bicyclic) bond motifs is 1. The molecule has 33 heavy (non-hydrogen) atoms. The molecule has 5 nitrogen and oxygen atoms in total. The van der Waals surface area contributed by atoms with E-state index in [0.29, 0.717) is 29.7 Å². The molecule has 2 aromatic carbocycles. The van der Waals surface area contributed by atoms with Gasteiger partial charge in [-0.15, -0.1) is 11.3 Å². The van der Waals surface area contributed by atoms with Crippen LogP contribution in [0.5, 0.6) is 0 Å². The van der Waals surface area contributed by atoms with Gasteiger partial charge >= 0.3 is 0 Å². The largest absolute Gasteiger partial charge is 0.332 e. The van der Waals surface area contributed by atoms with Crippen molar-refractivity contribution in [2.75, 3.05) is 6.54 Å². The summed E-state index contributed by atoms with van der Waals surface area (Å²) in [4.78, 5) is 34.9. The summed E-state index contributed by atoms with van der Waals surface area (Å²) in [5, 5.41) is 2.56. The zero-order valence-corrected chi connectivity index (χ0v) is 20.1. The second kappa shape index (κ2) is 10.1. The molecule has 0 bridgehead atoms. The molecule has 4 aromatic rings. The van der Waals surface area contributed by atoms with Crippen molar-refractivity contribution < 1.29 is 4.79 Å². The Morgan fingerprint density at radius 2 is 1.82 bits per heavy atom. The zero-order valence-electron chi connectivity index (χ0n) is 19.3. The molecule has 0 spiro atoms. The minimum atomic E-state index is -0.361. The van der Waals surface area contributed by atoms with Crippen molar-refractivity contribution in [2.45, 2.75) is 46.1 Å². The maximum absolute atomic E-state index is 13.8. The van der Waals surface area contributed by atoms with Crippen LogP contribution in [0.1, 0.15) is 49.5 Å². The molecular weight excluding hydrogens is 430 g/mol. The molecule has 0 aliphatic carbocycles. The minimum Gasteiger partial charge on any atom is -0.332 e. The lowest BCUT2D eigenvalue weighted by Gasteiger charge is -2.30. The predicted molar refractivity (Wildman–Crippen MR) is 135 cm³/mol. The Morgan fingerprint density at radius 3 is 2.55 bits per heavy atom. The molecule has 0 saturated carbocycles. The average Bonchev–Trinajstić information content (AvgIpc) is 3.35. The molecule has 2 aromatic heterocycles. The van der Waals surface area contributed by atoms with Crippen molar-refractivity contribution in [3.8, 4) is 5.69 Å². The van der Waals surface area contributed by atoms with Crippen LogP contribution in [0.4, 0.5) is 0 Å². The molecular formula is C27H29N3O2S. The number of nitrogens with zero attached hydrogens (tertiary/aromatic N) is 3. The number of amides is 1. The zero-order chi connectivity index (χ0) is 23.4. The normalized spacial score (nSPS) is 12.1. The fourth-order valence-electron chi connectivity index (χ4n) is 4.27. The molecule has 2 heterocycles. The summed E-state index contributed by atoms with van der Waals surface area (Å²) in [6.45, 7) is 6.72. The third kappa shape index (κ3) is 4.62. The second-order valence-electron chi connectivity index (χ2n) is 8.13. The number of benzene rings is 2. The van der Waals surface area contributed by atoms with E-state index in [-0.39, 0.29) is 17.5 Å². The van der Waals surface area contributed by atoms with Gasteiger partial charge in [-0.1, -0.05) is 50.2 Å². The van der Waals surface area contributed by atoms with Gasteiger partial charge in [0.25, 0.3) is 5.56 Å². The highest BCUT2D eigenvalue weighted by Crippen LogP contribution is 2.26. The molecule has 0 radical (unpaired) electrons. The van der Waals surface area contributed by atoms with E-state index in [9.17, 15) is 9.59 Å². The summed E-state index contributed by atoms with van der Waals surface area (Å²) < 4.78 is 1.72. The highest BCUT2D eigenvalue weighted by atomic mass is 32.1. The molecule has 1 amide bonds. The molecule has 0 saturated heterocycles. The Balaban J connectivity index is 1.89. The van der Waals surface area contributed by atoms with Gasteiger partial charge < -0.3 is 4.90 Å². The first-order valence-corrected chi connectivity index (χ1v) is 12.3. The Bertz CT molecular complexity index is 1310. The van der Waals surface area contributed by atoms with Gasteiger partial charge in [0.15, 0.2) is 0 Å². The van der Waals surface area contributed by atoms with Crippen LogP contribution in [0, 0.1) is 0 Å². The number of carbonyl (C=O) groups is 1. The van der Waals surface area contributed by atoms with E-state index in [1.54, 1.807) is 15.9 Å². The van der Waals surface area contributed by atoms with Gasteiger partial charge in [-0.05, 0) is 55.0 Å². The van der Waals surface area contributed by atoms with Gasteiger partial charge in [0, 0.05) is 11.4 Å². The predicted octanol–water partition coefficient (Wildman–Crippen LogP) is 5.55. The molecule has 6 heteroatoms. The summed E-state index contributed by atoms with van der Waals surface area (Å²) in [7, 11) is 0. The first kappa shape index (κ1) is 22.9. The first-order chi connectivity index (χ1) is 16.0. The standard InChI is InChI=1S/C27H29N3O2S/c1-4-16-29(25(31)18-21-12-10-17-33-21)19(3)26-28-23-14-8-7-13-22(23)27(32)30(26)24-15-9-6-11-20(24)5-2/h6-15,17,19H,4-5,16,18H2,1-3H3. The number of aryl methyl sites for hydroxylation is 1. The van der Waals surface area contributed by atoms with Crippen LogP contribution in [0.2, 0.25) is 0 Å². The maximum atomic E-state index is 13.8. The van der Waals surface area contributed by atoms with E-state index < -0.39 is 0 Å². The van der Waals surface area contributed by atoms with Crippen LogP contribution in [-0.2, 0) is 17.6 Å². The highest BCUT2D eigenvalue weighted by molar-refractivity contribution is 7.10. The number of hydrogen-bond donors (Lipinski definition) is 0. The van der Waals surface area contributed by atoms with E-state index in [4.69, 9.17) is 4.98 Å². The number of para-hydroxylation sites is 2. The van der Waals surface area contributed by atoms with Gasteiger partial charge in [0.1, 0.15) is 5.82 Å². The maximum Gasteiger partial charge on any atom is 0.266 e. The van der Waals surface area contributed by atoms with Crippen molar-refractivity contribution in [3.05, 3.63) is 92.7 Å². The third-order valence-electron chi connectivity index (χ3n) is 5.95. The van der Waals surface area contributed by atoms with Crippen LogP contribution < -0.4 is 5.56 Å². The smallest absolute Gasteiger partial charge is 0.266 e. The Labute approximate surface area is 198 Å². The fourth-order valence-corrected chi connectivity index (χ4v) is 4.97. The van der Waals surface area contributed by atoms with Crippen LogP contribution in [0.25, 0.3) is 16.6 Å². The van der Waals surface area contributed by atoms with E-state index in [2.05, 4.69) is 13.8 Å². The van der Waals surface area contributed by atoms with Crippen LogP contribution in [0.3, 0.4) is 0 Å². The summed E-state index contributed by atoms with van der Waals surface area (Å²) in [5.74, 6) is 0.636. The highest BCUT2D eigenvalue weighted by Gasteiger charge is 2.27. The number of thiophene rings is 1. The number of rotatable bonds is 8. The second-order valence-corrected chi connectivity index (χ2v) is 9.16. The SMILES string of the molecule is CCCN(C(=O)Cc1cccs1)C(C)c1nc2ccccc2c(=O)n1-c1ccccc1CC. The van der Waals surface area contributed by atoms with Gasteiger partial charge in [0.2, 0.25) is 5.91 Å². The van der Waals surface area contributed by atoms with Gasteiger partial charge in [-0.25, -0.2) is 4.98 Å². The summed E-state index contributed by atoms with van der Waals surface area (Å²) in [6, 6.07) is 18.9. The van der Waals surface area contributed by atoms with Crippen molar-refractivity contribution >= 4 is 28.1 Å². The van der Waals surface area contributed by atoms with E-state index in [1.807, 2.05) is 77.9 Å². The lowest BCUT2D eigenvalue weighted by atomic mass is 10.1. The van der Waals surface area contributed by atoms with Crippen LogP contribution in [-0.4, -0.2) is 26.9 Å². The summed E-state index contributed by atoms with van der Waals surface area (Å²) in [6.07, 6.45) is 1.97. The molecule has 0 aliphatic rings. The Hall–Kier alpha value is -3.25. The summed E-state index contributed by atoms with van der Waals surface area (Å²) in [5.41, 5.74) is 2.44. The van der Waals surface area contributed by atoms with Crippen LogP contribution >= 0.6 is 11.3 Å². The fraction of sp³-hybridized carbons (Fsp3) is 0.296. The number of carbonyl (C=O) groups excluding carboxylic acids is 1. The van der Waals surface area contributed by atoms with Gasteiger partial charge in [0.05, 0.1) is 29.1 Å². The first-order valence-electron chi connectivity index (χ1n) is 11.5. The van der Waals surface area contributed by atoms with Gasteiger partial charge in [-0.2, -0.15) is 0 Å². The average molecular weight is 460 g/mol. The number of hydrogen-bond acceptors (Lipinski definition) is 4. The summed E-state index contributed by atoms with van der Waals surface area (Å²) >= 11 is 1.59. The van der Waals surface area contributed by atoms with E-state index in [1.165, 1.54) is 0 Å². The van der Waals surface area contributed by atoms with Crippen molar-refractivity contribution in [3.63, 3.8) is 0 Å². The number of aromatic nitrogens is 2. The lowest BCUT2D eigenvalue weighted by molar-refractivity contribution is -0.132. The quantitative estimate of drug-likeness (QED) is 0.347. The lowest BCUT2D eigenvalue weighted by Crippen LogP contribution is -2.38. The Morgan fingerprint density at radius 1 is 1.06 bits per heavy atom. The third-order valence-corrected chi connectivity index (χ3v) is 6.82. The molecule has 0 aliphatic heterocycles. The van der Waals surface area contributed by atoms with Crippen molar-refractivity contribution in [2.24, 2.45) is 0 Å². The van der Waals surface area contributed by atoms with E-state index >= 15 is 0 Å². The monoisotopic (exact) mass is 459 g/mol. The molecule has 0 fully saturated rings. The minimum absolute atomic E-state index is 0.0459. The van der Waals surface area contributed by atoms with Gasteiger partial charge in [-0.3, -0.25) is 14.2 Å². The van der Waals surface area contributed by atoms with Crippen LogP contribution in [0.15, 0.2) is 70.8 Å². The molecule has 1 unspecified atom stereocenters.